The predicted octanol–water partition coefficient (Wildman–Crippen LogP) is 2.49. The van der Waals surface area contributed by atoms with Gasteiger partial charge in [-0.2, -0.15) is 0 Å². The maximum Gasteiger partial charge on any atom is 0.191 e. The Balaban J connectivity index is 0.00000288. The van der Waals surface area contributed by atoms with Crippen molar-refractivity contribution in [3.05, 3.63) is 29.3 Å². The second-order valence-electron chi connectivity index (χ2n) is 6.33. The topological polar surface area (TPSA) is 65.9 Å². The van der Waals surface area contributed by atoms with Crippen LogP contribution in [-0.2, 0) is 6.42 Å². The highest BCUT2D eigenvalue weighted by Gasteiger charge is 2.41. The molecular formula is C18H30IN3O2. The van der Waals surface area contributed by atoms with Crippen LogP contribution in [0.3, 0.4) is 0 Å². The van der Waals surface area contributed by atoms with Crippen molar-refractivity contribution in [3.63, 3.8) is 0 Å². The molecule has 5 nitrogen and oxygen atoms in total. The summed E-state index contributed by atoms with van der Waals surface area (Å²) in [6.07, 6.45) is 3.07. The summed E-state index contributed by atoms with van der Waals surface area (Å²) in [4.78, 5) is 4.61. The van der Waals surface area contributed by atoms with Gasteiger partial charge in [0.2, 0.25) is 0 Å². The van der Waals surface area contributed by atoms with E-state index in [-0.39, 0.29) is 36.0 Å². The molecule has 1 aliphatic rings. The molecule has 1 fully saturated rings. The molecule has 0 atom stereocenters. The Labute approximate surface area is 162 Å². The van der Waals surface area contributed by atoms with Crippen LogP contribution in [0.5, 0.6) is 5.75 Å². The van der Waals surface area contributed by atoms with Gasteiger partial charge in [0.05, 0.1) is 20.3 Å². The number of aryl methyl sites for hydroxylation is 1. The van der Waals surface area contributed by atoms with Crippen LogP contribution in [-0.4, -0.2) is 44.4 Å². The number of halogens is 1. The predicted molar refractivity (Wildman–Crippen MR) is 110 cm³/mol. The molecule has 1 aliphatic carbocycles. The number of rotatable bonds is 8. The van der Waals surface area contributed by atoms with E-state index >= 15 is 0 Å². The number of guanidine groups is 1. The van der Waals surface area contributed by atoms with Crippen LogP contribution >= 0.6 is 24.0 Å². The third-order valence-corrected chi connectivity index (χ3v) is 4.39. The largest absolute Gasteiger partial charge is 0.496 e. The minimum atomic E-state index is 0. The molecule has 0 bridgehead atoms. The normalized spacial score (nSPS) is 15.4. The summed E-state index contributed by atoms with van der Waals surface area (Å²) in [6, 6.07) is 6.31. The minimum absolute atomic E-state index is 0. The molecule has 1 aromatic rings. The lowest BCUT2D eigenvalue weighted by molar-refractivity contribution is 0.217. The van der Waals surface area contributed by atoms with Crippen molar-refractivity contribution < 1.29 is 9.84 Å². The second-order valence-corrected chi connectivity index (χ2v) is 6.33. The van der Waals surface area contributed by atoms with Crippen LogP contribution in [0.2, 0.25) is 0 Å². The molecule has 0 aliphatic heterocycles. The third kappa shape index (κ3) is 6.12. The maximum absolute atomic E-state index is 9.37. The van der Waals surface area contributed by atoms with Crippen molar-refractivity contribution in [2.75, 3.05) is 33.4 Å². The summed E-state index contributed by atoms with van der Waals surface area (Å²) in [5.41, 5.74) is 2.44. The summed E-state index contributed by atoms with van der Waals surface area (Å²) in [7, 11) is 1.70. The van der Waals surface area contributed by atoms with Gasteiger partial charge >= 0.3 is 0 Å². The molecule has 136 valence electrons. The molecule has 1 saturated carbocycles. The first-order chi connectivity index (χ1) is 11.1. The quantitative estimate of drug-likeness (QED) is 0.326. The smallest absolute Gasteiger partial charge is 0.191 e. The van der Waals surface area contributed by atoms with Crippen molar-refractivity contribution >= 4 is 29.9 Å². The SMILES string of the molecule is CCNC(=NCC1(CO)CC1)NCCc1ccc(C)c(OC)c1.I. The highest BCUT2D eigenvalue weighted by Crippen LogP contribution is 2.45. The zero-order chi connectivity index (χ0) is 16.7. The van der Waals surface area contributed by atoms with Crippen molar-refractivity contribution in [1.29, 1.82) is 0 Å². The van der Waals surface area contributed by atoms with E-state index in [0.29, 0.717) is 6.54 Å². The number of nitrogens with one attached hydrogen (secondary N) is 2. The highest BCUT2D eigenvalue weighted by molar-refractivity contribution is 14.0. The lowest BCUT2D eigenvalue weighted by Crippen LogP contribution is -2.38. The van der Waals surface area contributed by atoms with Crippen molar-refractivity contribution in [2.24, 2.45) is 10.4 Å². The number of nitrogens with zero attached hydrogens (tertiary/aromatic N) is 1. The van der Waals surface area contributed by atoms with E-state index in [2.05, 4.69) is 40.7 Å². The summed E-state index contributed by atoms with van der Waals surface area (Å²) in [5, 5.41) is 16.0. The first-order valence-corrected chi connectivity index (χ1v) is 8.39. The Morgan fingerprint density at radius 2 is 2.08 bits per heavy atom. The van der Waals surface area contributed by atoms with E-state index in [1.807, 2.05) is 6.92 Å². The number of benzene rings is 1. The Kier molecular flexibility index (Phi) is 8.83. The average Bonchev–Trinajstić information content (AvgIpc) is 3.34. The van der Waals surface area contributed by atoms with Gasteiger partial charge in [-0.1, -0.05) is 12.1 Å². The monoisotopic (exact) mass is 447 g/mol. The molecule has 0 radical (unpaired) electrons. The van der Waals surface area contributed by atoms with Crippen LogP contribution in [0.15, 0.2) is 23.2 Å². The molecule has 3 N–H and O–H groups in total. The van der Waals surface area contributed by atoms with Crippen LogP contribution in [0.4, 0.5) is 0 Å². The lowest BCUT2D eigenvalue weighted by atomic mass is 10.1. The summed E-state index contributed by atoms with van der Waals surface area (Å²) in [5.74, 6) is 1.76. The molecule has 1 aromatic carbocycles. The molecule has 0 aromatic heterocycles. The Morgan fingerprint density at radius 1 is 1.33 bits per heavy atom. The molecular weight excluding hydrogens is 417 g/mol. The third-order valence-electron chi connectivity index (χ3n) is 4.39. The van der Waals surface area contributed by atoms with Gasteiger partial charge in [-0.25, -0.2) is 0 Å². The highest BCUT2D eigenvalue weighted by atomic mass is 127. The van der Waals surface area contributed by atoms with Crippen LogP contribution in [0.25, 0.3) is 0 Å². The average molecular weight is 447 g/mol. The summed E-state index contributed by atoms with van der Waals surface area (Å²) in [6.45, 7) is 6.67. The van der Waals surface area contributed by atoms with Gasteiger partial charge in [0.15, 0.2) is 5.96 Å². The molecule has 0 amide bonds. The van der Waals surface area contributed by atoms with Crippen LogP contribution in [0.1, 0.15) is 30.9 Å². The maximum atomic E-state index is 9.37. The van der Waals surface area contributed by atoms with Gasteiger partial charge in [0, 0.05) is 18.5 Å². The Bertz CT molecular complexity index is 545. The summed E-state index contributed by atoms with van der Waals surface area (Å²) < 4.78 is 5.37. The van der Waals surface area contributed by atoms with Crippen molar-refractivity contribution in [3.8, 4) is 5.75 Å². The van der Waals surface area contributed by atoms with E-state index in [1.165, 1.54) is 5.56 Å². The van der Waals surface area contributed by atoms with Crippen LogP contribution < -0.4 is 15.4 Å². The molecule has 0 saturated heterocycles. The number of methoxy groups -OCH3 is 1. The van der Waals surface area contributed by atoms with E-state index in [0.717, 1.165) is 49.6 Å². The molecule has 0 heterocycles. The number of aliphatic hydroxyl groups excluding tert-OH is 1. The van der Waals surface area contributed by atoms with Gasteiger partial charge < -0.3 is 20.5 Å². The molecule has 0 unspecified atom stereocenters. The first kappa shape index (κ1) is 21.0. The Hall–Kier alpha value is -1.02. The minimum Gasteiger partial charge on any atom is -0.496 e. The summed E-state index contributed by atoms with van der Waals surface area (Å²) >= 11 is 0. The van der Waals surface area contributed by atoms with E-state index in [4.69, 9.17) is 4.74 Å². The fraction of sp³-hybridized carbons (Fsp3) is 0.611. The number of aliphatic imine (C=N–C) groups is 1. The fourth-order valence-electron chi connectivity index (χ4n) is 2.48. The van der Waals surface area contributed by atoms with E-state index in [9.17, 15) is 5.11 Å². The number of aliphatic hydroxyl groups is 1. The Morgan fingerprint density at radius 3 is 2.67 bits per heavy atom. The first-order valence-electron chi connectivity index (χ1n) is 8.39. The number of hydrogen-bond donors (Lipinski definition) is 3. The van der Waals surface area contributed by atoms with Gasteiger partial charge in [-0.3, -0.25) is 4.99 Å². The van der Waals surface area contributed by atoms with E-state index in [1.54, 1.807) is 7.11 Å². The van der Waals surface area contributed by atoms with Gasteiger partial charge in [0.25, 0.3) is 0 Å². The van der Waals surface area contributed by atoms with Gasteiger partial charge in [0.1, 0.15) is 5.75 Å². The van der Waals surface area contributed by atoms with Gasteiger partial charge in [-0.05, 0) is 50.3 Å². The number of ether oxygens (including phenoxy) is 1. The molecule has 24 heavy (non-hydrogen) atoms. The van der Waals surface area contributed by atoms with Crippen LogP contribution in [0, 0.1) is 12.3 Å². The zero-order valence-electron chi connectivity index (χ0n) is 14.9. The van der Waals surface area contributed by atoms with Crippen molar-refractivity contribution in [1.82, 2.24) is 10.6 Å². The lowest BCUT2D eigenvalue weighted by Gasteiger charge is -2.14. The molecule has 0 spiro atoms. The zero-order valence-corrected chi connectivity index (χ0v) is 17.2. The van der Waals surface area contributed by atoms with Gasteiger partial charge in [-0.15, -0.1) is 24.0 Å². The fourth-order valence-corrected chi connectivity index (χ4v) is 2.48. The number of hydrogen-bond acceptors (Lipinski definition) is 3. The van der Waals surface area contributed by atoms with E-state index < -0.39 is 0 Å². The molecule has 2 rings (SSSR count). The van der Waals surface area contributed by atoms with Crippen molar-refractivity contribution in [2.45, 2.75) is 33.1 Å². The standard InChI is InChI=1S/C18H29N3O2.HI/c1-4-19-17(21-12-18(13-22)8-9-18)20-10-7-15-6-5-14(2)16(11-15)23-3;/h5-6,11,22H,4,7-10,12-13H2,1-3H3,(H2,19,20,21);1H. The second kappa shape index (κ2) is 10.1. The molecule has 6 heteroatoms.